The van der Waals surface area contributed by atoms with Crippen molar-refractivity contribution in [2.24, 2.45) is 0 Å². The molecule has 2 aromatic carbocycles. The molecule has 2 heterocycles. The molecule has 0 aliphatic rings. The zero-order chi connectivity index (χ0) is 22.5. The highest BCUT2D eigenvalue weighted by Crippen LogP contribution is 2.27. The number of hydrogen-bond acceptors (Lipinski definition) is 5. The van der Waals surface area contributed by atoms with Crippen molar-refractivity contribution in [1.29, 1.82) is 5.26 Å². The molecule has 0 spiro atoms. The highest BCUT2D eigenvalue weighted by Gasteiger charge is 2.18. The molecule has 0 atom stereocenters. The van der Waals surface area contributed by atoms with E-state index in [0.29, 0.717) is 35.4 Å². The number of nitrogens with one attached hydrogen (secondary N) is 1. The Morgan fingerprint density at radius 1 is 1.16 bits per heavy atom. The van der Waals surface area contributed by atoms with Crippen LogP contribution in [0.5, 0.6) is 0 Å². The Balaban J connectivity index is 1.74. The minimum absolute atomic E-state index is 0.0780. The Labute approximate surface area is 184 Å². The van der Waals surface area contributed by atoms with Crippen LogP contribution in [0.15, 0.2) is 71.9 Å². The van der Waals surface area contributed by atoms with Gasteiger partial charge in [0, 0.05) is 24.6 Å². The molecule has 0 bridgehead atoms. The van der Waals surface area contributed by atoms with Gasteiger partial charge in [-0.25, -0.2) is 4.98 Å². The van der Waals surface area contributed by atoms with Crippen LogP contribution >= 0.6 is 0 Å². The number of fused-ring (bicyclic) bond motifs is 1. The van der Waals surface area contributed by atoms with Crippen molar-refractivity contribution in [1.82, 2.24) is 14.1 Å². The molecular formula is C24H21N5O3. The van der Waals surface area contributed by atoms with E-state index in [1.165, 1.54) is 10.9 Å². The second kappa shape index (κ2) is 9.29. The highest BCUT2D eigenvalue weighted by atomic mass is 16.5. The molecule has 4 rings (SSSR count). The lowest BCUT2D eigenvalue weighted by atomic mass is 10.1. The van der Waals surface area contributed by atoms with Crippen LogP contribution in [0.3, 0.4) is 0 Å². The zero-order valence-corrected chi connectivity index (χ0v) is 17.5. The second-order valence-electron chi connectivity index (χ2n) is 7.21. The van der Waals surface area contributed by atoms with Crippen molar-refractivity contribution in [3.63, 3.8) is 0 Å². The monoisotopic (exact) mass is 427 g/mol. The van der Waals surface area contributed by atoms with Gasteiger partial charge >= 0.3 is 0 Å². The van der Waals surface area contributed by atoms with Crippen LogP contribution in [0.25, 0.3) is 22.2 Å². The average molecular weight is 427 g/mol. The summed E-state index contributed by atoms with van der Waals surface area (Å²) in [4.78, 5) is 30.5. The molecule has 0 aliphatic carbocycles. The molecule has 160 valence electrons. The first-order chi connectivity index (χ1) is 15.6. The van der Waals surface area contributed by atoms with Gasteiger partial charge in [-0.05, 0) is 23.8 Å². The fourth-order valence-electron chi connectivity index (χ4n) is 3.54. The summed E-state index contributed by atoms with van der Waals surface area (Å²) in [6.45, 7) is 0.650. The molecule has 0 unspecified atom stereocenters. The average Bonchev–Trinajstić information content (AvgIpc) is 3.18. The maximum absolute atomic E-state index is 13.2. The predicted molar refractivity (Wildman–Crippen MR) is 121 cm³/mol. The number of nitriles is 1. The first-order valence-electron chi connectivity index (χ1n) is 10.0. The summed E-state index contributed by atoms with van der Waals surface area (Å²) in [5, 5.41) is 11.8. The van der Waals surface area contributed by atoms with Crippen molar-refractivity contribution in [3.05, 3.63) is 83.0 Å². The number of amides is 1. The van der Waals surface area contributed by atoms with E-state index in [-0.39, 0.29) is 18.0 Å². The first-order valence-corrected chi connectivity index (χ1v) is 10.0. The number of methoxy groups -OCH3 is 1. The number of rotatable bonds is 7. The summed E-state index contributed by atoms with van der Waals surface area (Å²) in [5.74, 6) is -0.316. The van der Waals surface area contributed by atoms with Gasteiger partial charge in [0.05, 0.1) is 31.1 Å². The standard InChI is InChI=1S/C24H21N5O3/c1-32-11-10-28-16-26-22-20(18-7-3-2-4-8-18)14-29(23(22)24(28)31)15-21(30)27-19-9-5-6-17(12-19)13-25/h2-9,12,14,16H,10-11,15H2,1H3,(H,27,30). The van der Waals surface area contributed by atoms with Crippen LogP contribution in [0, 0.1) is 11.3 Å². The molecule has 0 aliphatic heterocycles. The summed E-state index contributed by atoms with van der Waals surface area (Å²) >= 11 is 0. The van der Waals surface area contributed by atoms with Gasteiger partial charge in [0.15, 0.2) is 0 Å². The van der Waals surface area contributed by atoms with E-state index < -0.39 is 0 Å². The highest BCUT2D eigenvalue weighted by molar-refractivity contribution is 5.95. The Morgan fingerprint density at radius 2 is 1.97 bits per heavy atom. The Hall–Kier alpha value is -4.22. The smallest absolute Gasteiger partial charge is 0.277 e. The topological polar surface area (TPSA) is 102 Å². The number of aromatic nitrogens is 3. The van der Waals surface area contributed by atoms with Gasteiger partial charge in [-0.2, -0.15) is 5.26 Å². The number of benzene rings is 2. The Bertz CT molecular complexity index is 1370. The number of carbonyl (C=O) groups is 1. The van der Waals surface area contributed by atoms with E-state index in [1.807, 2.05) is 36.4 Å². The van der Waals surface area contributed by atoms with Gasteiger partial charge in [0.2, 0.25) is 5.91 Å². The SMILES string of the molecule is COCCn1cnc2c(-c3ccccc3)cn(CC(=O)Nc3cccc(C#N)c3)c2c1=O. The lowest BCUT2D eigenvalue weighted by Crippen LogP contribution is -2.26. The van der Waals surface area contributed by atoms with Crippen LogP contribution in [-0.2, 0) is 22.6 Å². The van der Waals surface area contributed by atoms with Crippen molar-refractivity contribution in [2.45, 2.75) is 13.1 Å². The largest absolute Gasteiger partial charge is 0.383 e. The molecule has 32 heavy (non-hydrogen) atoms. The second-order valence-corrected chi connectivity index (χ2v) is 7.21. The van der Waals surface area contributed by atoms with Crippen LogP contribution in [0.4, 0.5) is 5.69 Å². The molecular weight excluding hydrogens is 406 g/mol. The summed E-state index contributed by atoms with van der Waals surface area (Å²) in [6.07, 6.45) is 3.29. The maximum Gasteiger partial charge on any atom is 0.277 e. The van der Waals surface area contributed by atoms with Gasteiger partial charge in [-0.3, -0.25) is 14.2 Å². The number of hydrogen-bond donors (Lipinski definition) is 1. The third-order valence-electron chi connectivity index (χ3n) is 5.05. The van der Waals surface area contributed by atoms with E-state index >= 15 is 0 Å². The van der Waals surface area contributed by atoms with E-state index in [1.54, 1.807) is 42.1 Å². The van der Waals surface area contributed by atoms with Crippen LogP contribution in [-0.4, -0.2) is 33.7 Å². The fraction of sp³-hybridized carbons (Fsp3) is 0.167. The van der Waals surface area contributed by atoms with Crippen LogP contribution in [0.1, 0.15) is 5.56 Å². The molecule has 2 aromatic heterocycles. The normalized spacial score (nSPS) is 10.8. The fourth-order valence-corrected chi connectivity index (χ4v) is 3.54. The molecule has 4 aromatic rings. The van der Waals surface area contributed by atoms with E-state index in [9.17, 15) is 9.59 Å². The molecule has 0 saturated carbocycles. The number of carbonyl (C=O) groups excluding carboxylic acids is 1. The summed E-state index contributed by atoms with van der Waals surface area (Å²) < 4.78 is 8.19. The zero-order valence-electron chi connectivity index (χ0n) is 17.5. The van der Waals surface area contributed by atoms with E-state index in [0.717, 1.165) is 11.1 Å². The van der Waals surface area contributed by atoms with Gasteiger partial charge in [-0.1, -0.05) is 36.4 Å². The lowest BCUT2D eigenvalue weighted by Gasteiger charge is -2.09. The minimum atomic E-state index is -0.316. The quantitative estimate of drug-likeness (QED) is 0.488. The first kappa shape index (κ1) is 21.0. The van der Waals surface area contributed by atoms with Crippen LogP contribution in [0.2, 0.25) is 0 Å². The summed E-state index contributed by atoms with van der Waals surface area (Å²) in [6, 6.07) is 18.3. The molecule has 0 fully saturated rings. The Morgan fingerprint density at radius 3 is 2.72 bits per heavy atom. The van der Waals surface area contributed by atoms with Gasteiger partial charge in [0.1, 0.15) is 17.6 Å². The summed E-state index contributed by atoms with van der Waals surface area (Å²) in [7, 11) is 1.57. The van der Waals surface area contributed by atoms with Gasteiger partial charge in [0.25, 0.3) is 5.56 Å². The van der Waals surface area contributed by atoms with Gasteiger partial charge in [-0.15, -0.1) is 0 Å². The molecule has 1 N–H and O–H groups in total. The number of nitrogens with zero attached hydrogens (tertiary/aromatic N) is 4. The van der Waals surface area contributed by atoms with Crippen molar-refractivity contribution >= 4 is 22.6 Å². The number of anilines is 1. The predicted octanol–water partition coefficient (Wildman–Crippen LogP) is 3.02. The molecule has 8 nitrogen and oxygen atoms in total. The van der Waals surface area contributed by atoms with Crippen molar-refractivity contribution in [2.75, 3.05) is 19.0 Å². The lowest BCUT2D eigenvalue weighted by molar-refractivity contribution is -0.116. The molecule has 8 heteroatoms. The van der Waals surface area contributed by atoms with Crippen LogP contribution < -0.4 is 10.9 Å². The number of ether oxygens (including phenoxy) is 1. The Kier molecular flexibility index (Phi) is 6.10. The van der Waals surface area contributed by atoms with E-state index in [4.69, 9.17) is 10.00 Å². The van der Waals surface area contributed by atoms with Gasteiger partial charge < -0.3 is 14.6 Å². The molecule has 0 saturated heterocycles. The molecule has 1 amide bonds. The third-order valence-corrected chi connectivity index (χ3v) is 5.05. The summed E-state index contributed by atoms with van der Waals surface area (Å²) in [5.41, 5.74) is 3.29. The van der Waals surface area contributed by atoms with Crippen molar-refractivity contribution < 1.29 is 9.53 Å². The van der Waals surface area contributed by atoms with E-state index in [2.05, 4.69) is 10.3 Å². The molecule has 0 radical (unpaired) electrons. The third kappa shape index (κ3) is 4.29. The minimum Gasteiger partial charge on any atom is -0.383 e. The maximum atomic E-state index is 13.2. The van der Waals surface area contributed by atoms with Crippen molar-refractivity contribution in [3.8, 4) is 17.2 Å².